The van der Waals surface area contributed by atoms with E-state index in [1.165, 1.54) is 18.5 Å². The van der Waals surface area contributed by atoms with Crippen LogP contribution in [0.5, 0.6) is 5.75 Å². The van der Waals surface area contributed by atoms with Crippen molar-refractivity contribution in [2.45, 2.75) is 24.3 Å². The van der Waals surface area contributed by atoms with E-state index in [1.54, 1.807) is 30.3 Å². The fourth-order valence-electron chi connectivity index (χ4n) is 3.53. The van der Waals surface area contributed by atoms with E-state index in [4.69, 9.17) is 4.74 Å². The van der Waals surface area contributed by atoms with Crippen LogP contribution in [0.3, 0.4) is 0 Å². The Kier molecular flexibility index (Phi) is 7.41. The van der Waals surface area contributed by atoms with Crippen LogP contribution in [-0.2, 0) is 16.4 Å². The highest BCUT2D eigenvalue weighted by Crippen LogP contribution is 2.22. The molecule has 4 N–H and O–H groups in total. The minimum Gasteiger partial charge on any atom is -0.492 e. The van der Waals surface area contributed by atoms with Crippen molar-refractivity contribution in [2.24, 2.45) is 0 Å². The molecule has 0 saturated carbocycles. The lowest BCUT2D eigenvalue weighted by molar-refractivity contribution is 0.172. The second-order valence-corrected chi connectivity index (χ2v) is 9.41. The van der Waals surface area contributed by atoms with Gasteiger partial charge in [-0.1, -0.05) is 19.1 Å². The second kappa shape index (κ2) is 10.6. The third-order valence-corrected chi connectivity index (χ3v) is 6.68. The van der Waals surface area contributed by atoms with E-state index in [-0.39, 0.29) is 4.90 Å². The van der Waals surface area contributed by atoms with Crippen LogP contribution < -0.4 is 14.8 Å². The number of hydrogen-bond donors (Lipinski definition) is 4. The Morgan fingerprint density at radius 2 is 2.03 bits per heavy atom. The average Bonchev–Trinajstić information content (AvgIpc) is 3.26. The fraction of sp³-hybridized carbons (Fsp3) is 0.250. The third kappa shape index (κ3) is 5.71. The number of nitrogens with zero attached hydrogens (tertiary/aromatic N) is 2. The number of rotatable bonds is 11. The van der Waals surface area contributed by atoms with Crippen molar-refractivity contribution in [3.8, 4) is 5.75 Å². The summed E-state index contributed by atoms with van der Waals surface area (Å²) in [7, 11) is -3.75. The summed E-state index contributed by atoms with van der Waals surface area (Å²) in [6.07, 6.45) is 2.87. The molecule has 1 atom stereocenters. The molecule has 10 heteroatoms. The normalized spacial score (nSPS) is 12.5. The molecule has 4 aromatic rings. The zero-order valence-electron chi connectivity index (χ0n) is 18.7. The number of aliphatic hydroxyl groups is 1. The number of aryl methyl sites for hydroxylation is 1. The van der Waals surface area contributed by atoms with Gasteiger partial charge in [0.05, 0.1) is 11.6 Å². The van der Waals surface area contributed by atoms with Crippen molar-refractivity contribution in [1.29, 1.82) is 0 Å². The van der Waals surface area contributed by atoms with Crippen LogP contribution in [0.25, 0.3) is 10.9 Å². The quantitative estimate of drug-likeness (QED) is 0.242. The lowest BCUT2D eigenvalue weighted by Crippen LogP contribution is -2.26. The van der Waals surface area contributed by atoms with Gasteiger partial charge in [0.2, 0.25) is 0 Å². The fourth-order valence-corrected chi connectivity index (χ4v) is 4.55. The lowest BCUT2D eigenvalue weighted by Gasteiger charge is -2.14. The Balaban J connectivity index is 1.26. The van der Waals surface area contributed by atoms with Crippen molar-refractivity contribution in [1.82, 2.24) is 20.5 Å². The van der Waals surface area contributed by atoms with E-state index in [0.717, 1.165) is 28.8 Å². The van der Waals surface area contributed by atoms with Gasteiger partial charge in [-0.3, -0.25) is 14.8 Å². The van der Waals surface area contributed by atoms with E-state index in [0.29, 0.717) is 30.9 Å². The number of ether oxygens (including phenoxy) is 1. The molecule has 178 valence electrons. The molecule has 0 unspecified atom stereocenters. The van der Waals surface area contributed by atoms with Crippen molar-refractivity contribution in [3.63, 3.8) is 0 Å². The van der Waals surface area contributed by atoms with Crippen molar-refractivity contribution < 1.29 is 18.3 Å². The first kappa shape index (κ1) is 23.7. The number of fused-ring (bicyclic) bond motifs is 1. The highest BCUT2D eigenvalue weighted by atomic mass is 32.2. The van der Waals surface area contributed by atoms with Crippen LogP contribution in [0.15, 0.2) is 71.9 Å². The van der Waals surface area contributed by atoms with Gasteiger partial charge in [-0.05, 0) is 48.4 Å². The number of benzene rings is 2. The van der Waals surface area contributed by atoms with E-state index in [2.05, 4.69) is 32.1 Å². The molecule has 0 fully saturated rings. The molecule has 0 radical (unpaired) electrons. The van der Waals surface area contributed by atoms with Gasteiger partial charge < -0.3 is 15.2 Å². The summed E-state index contributed by atoms with van der Waals surface area (Å²) in [6.45, 7) is 3.33. The second-order valence-electron chi connectivity index (χ2n) is 7.72. The average molecular weight is 482 g/mol. The smallest absolute Gasteiger partial charge is 0.263 e. The van der Waals surface area contributed by atoms with Crippen LogP contribution in [0.4, 0.5) is 5.69 Å². The number of anilines is 1. The summed E-state index contributed by atoms with van der Waals surface area (Å²) in [4.78, 5) is 3.91. The van der Waals surface area contributed by atoms with Gasteiger partial charge >= 0.3 is 0 Å². The van der Waals surface area contributed by atoms with Crippen molar-refractivity contribution in [2.75, 3.05) is 24.4 Å². The zero-order chi connectivity index (χ0) is 24.0. The predicted molar refractivity (Wildman–Crippen MR) is 130 cm³/mol. The zero-order valence-corrected chi connectivity index (χ0v) is 19.5. The Labute approximate surface area is 198 Å². The van der Waals surface area contributed by atoms with Crippen LogP contribution in [0.1, 0.15) is 24.3 Å². The highest BCUT2D eigenvalue weighted by Gasteiger charge is 2.15. The number of aromatic amines is 1. The van der Waals surface area contributed by atoms with Gasteiger partial charge in [0, 0.05) is 48.3 Å². The Morgan fingerprint density at radius 3 is 2.82 bits per heavy atom. The summed E-state index contributed by atoms with van der Waals surface area (Å²) in [5.74, 6) is 0.734. The maximum atomic E-state index is 12.5. The third-order valence-electron chi connectivity index (χ3n) is 5.31. The van der Waals surface area contributed by atoms with Gasteiger partial charge in [0.25, 0.3) is 10.0 Å². The Hall–Kier alpha value is -3.47. The molecule has 2 aromatic carbocycles. The lowest BCUT2D eigenvalue weighted by atomic mass is 10.1. The van der Waals surface area contributed by atoms with Gasteiger partial charge in [-0.25, -0.2) is 8.42 Å². The SMILES string of the molecule is CCc1[nH]nc2cc(OCCNC[C@H](O)c3cccc(NS(=O)(=O)c4cccnc4)c3)ccc12. The molecule has 2 aromatic heterocycles. The number of sulfonamides is 1. The molecule has 34 heavy (non-hydrogen) atoms. The summed E-state index contributed by atoms with van der Waals surface area (Å²) in [6, 6.07) is 15.5. The standard InChI is InChI=1S/C24H27N5O4S/c1-2-22-21-9-8-19(14-23(21)28-27-22)33-12-11-26-16-24(30)17-5-3-6-18(13-17)29-34(31,32)20-7-4-10-25-15-20/h3-10,13-15,24,26,29-30H,2,11-12,16H2,1H3,(H,27,28)/t24-/m0/s1. The summed E-state index contributed by atoms with van der Waals surface area (Å²) >= 11 is 0. The minimum absolute atomic E-state index is 0.0693. The molecule has 0 aliphatic heterocycles. The molecule has 4 rings (SSSR count). The van der Waals surface area contributed by atoms with Gasteiger partial charge in [0.15, 0.2) is 0 Å². The molecule has 0 amide bonds. The molecule has 0 aliphatic carbocycles. The number of nitrogens with one attached hydrogen (secondary N) is 3. The van der Waals surface area contributed by atoms with E-state index in [1.807, 2.05) is 18.2 Å². The number of H-pyrrole nitrogens is 1. The monoisotopic (exact) mass is 481 g/mol. The summed E-state index contributed by atoms with van der Waals surface area (Å²) < 4.78 is 33.3. The number of pyridine rings is 1. The first-order chi connectivity index (χ1) is 16.5. The molecule has 0 spiro atoms. The van der Waals surface area contributed by atoms with Crippen molar-refractivity contribution >= 4 is 26.6 Å². The topological polar surface area (TPSA) is 129 Å². The molecule has 0 aliphatic rings. The summed E-state index contributed by atoms with van der Waals surface area (Å²) in [5, 5.41) is 22.1. The molecular weight excluding hydrogens is 454 g/mol. The first-order valence-corrected chi connectivity index (χ1v) is 12.5. The first-order valence-electron chi connectivity index (χ1n) is 11.0. The largest absolute Gasteiger partial charge is 0.492 e. The minimum atomic E-state index is -3.75. The molecule has 0 bridgehead atoms. The molecule has 9 nitrogen and oxygen atoms in total. The van der Waals surface area contributed by atoms with Crippen LogP contribution >= 0.6 is 0 Å². The Morgan fingerprint density at radius 1 is 1.15 bits per heavy atom. The maximum Gasteiger partial charge on any atom is 0.263 e. The maximum absolute atomic E-state index is 12.5. The van der Waals surface area contributed by atoms with E-state index in [9.17, 15) is 13.5 Å². The van der Waals surface area contributed by atoms with E-state index >= 15 is 0 Å². The highest BCUT2D eigenvalue weighted by molar-refractivity contribution is 7.92. The van der Waals surface area contributed by atoms with Crippen molar-refractivity contribution in [3.05, 3.63) is 78.2 Å². The predicted octanol–water partition coefficient (Wildman–Crippen LogP) is 3.02. The molecule has 0 saturated heterocycles. The summed E-state index contributed by atoms with van der Waals surface area (Å²) in [5.41, 5.74) is 2.93. The van der Waals surface area contributed by atoms with Gasteiger partial charge in [-0.15, -0.1) is 0 Å². The van der Waals surface area contributed by atoms with Crippen LogP contribution in [-0.4, -0.2) is 48.4 Å². The molecule has 2 heterocycles. The van der Waals surface area contributed by atoms with E-state index < -0.39 is 16.1 Å². The van der Waals surface area contributed by atoms with Crippen LogP contribution in [0.2, 0.25) is 0 Å². The van der Waals surface area contributed by atoms with Gasteiger partial charge in [-0.2, -0.15) is 5.10 Å². The number of aliphatic hydroxyl groups excluding tert-OH is 1. The van der Waals surface area contributed by atoms with Crippen LogP contribution in [0, 0.1) is 0 Å². The van der Waals surface area contributed by atoms with Gasteiger partial charge in [0.1, 0.15) is 17.3 Å². The Bertz CT molecular complexity index is 1340. The molecular formula is C24H27N5O4S. The number of hydrogen-bond acceptors (Lipinski definition) is 7. The number of aromatic nitrogens is 3.